The van der Waals surface area contributed by atoms with Crippen LogP contribution in [0.5, 0.6) is 5.75 Å². The number of alkyl halides is 1. The molecule has 0 N–H and O–H groups in total. The molecular formula is C10H11IO. The van der Waals surface area contributed by atoms with E-state index in [0.717, 1.165) is 16.6 Å². The van der Waals surface area contributed by atoms with Crippen LogP contribution in [0.25, 0.3) is 0 Å². The zero-order valence-corrected chi connectivity index (χ0v) is 9.17. The monoisotopic (exact) mass is 274 g/mol. The van der Waals surface area contributed by atoms with Gasteiger partial charge in [0.05, 0.1) is 0 Å². The molecule has 1 unspecified atom stereocenters. The van der Waals surface area contributed by atoms with Gasteiger partial charge in [-0.25, -0.2) is 0 Å². The van der Waals surface area contributed by atoms with E-state index in [1.165, 1.54) is 11.1 Å². The zero-order valence-electron chi connectivity index (χ0n) is 7.01. The molecule has 1 aliphatic heterocycles. The van der Waals surface area contributed by atoms with Crippen molar-refractivity contribution in [1.82, 2.24) is 0 Å². The Morgan fingerprint density at radius 1 is 1.58 bits per heavy atom. The van der Waals surface area contributed by atoms with E-state index in [1.54, 1.807) is 0 Å². The fourth-order valence-electron chi connectivity index (χ4n) is 1.58. The topological polar surface area (TPSA) is 9.23 Å². The highest BCUT2D eigenvalue weighted by Gasteiger charge is 2.22. The van der Waals surface area contributed by atoms with Gasteiger partial charge < -0.3 is 4.74 Å². The van der Waals surface area contributed by atoms with E-state index >= 15 is 0 Å². The molecule has 0 aromatic heterocycles. The molecule has 1 aliphatic rings. The van der Waals surface area contributed by atoms with Gasteiger partial charge in [-0.2, -0.15) is 0 Å². The van der Waals surface area contributed by atoms with Gasteiger partial charge in [0.25, 0.3) is 0 Å². The highest BCUT2D eigenvalue weighted by molar-refractivity contribution is 14.1. The predicted octanol–water partition coefficient (Wildman–Crippen LogP) is 2.73. The lowest BCUT2D eigenvalue weighted by molar-refractivity contribution is 0.262. The molecular weight excluding hydrogens is 263 g/mol. The van der Waals surface area contributed by atoms with E-state index in [1.807, 2.05) is 0 Å². The molecule has 0 saturated carbocycles. The molecule has 1 aromatic carbocycles. The molecule has 12 heavy (non-hydrogen) atoms. The van der Waals surface area contributed by atoms with Crippen LogP contribution in [0.3, 0.4) is 0 Å². The molecule has 0 bridgehead atoms. The maximum Gasteiger partial charge on any atom is 0.123 e. The highest BCUT2D eigenvalue weighted by atomic mass is 127. The smallest absolute Gasteiger partial charge is 0.123 e. The minimum atomic E-state index is 0.404. The fraction of sp³-hybridized carbons (Fsp3) is 0.400. The molecule has 64 valence electrons. The van der Waals surface area contributed by atoms with Gasteiger partial charge in [-0.15, -0.1) is 0 Å². The van der Waals surface area contributed by atoms with E-state index in [-0.39, 0.29) is 0 Å². The Morgan fingerprint density at radius 3 is 3.08 bits per heavy atom. The second-order valence-corrected chi connectivity index (χ2v) is 4.03. The molecule has 2 heteroatoms. The molecule has 1 atom stereocenters. The zero-order chi connectivity index (χ0) is 8.55. The van der Waals surface area contributed by atoms with Gasteiger partial charge in [0.15, 0.2) is 0 Å². The van der Waals surface area contributed by atoms with E-state index in [2.05, 4.69) is 47.7 Å². The quantitative estimate of drug-likeness (QED) is 0.565. The number of hydrogen-bond donors (Lipinski definition) is 0. The van der Waals surface area contributed by atoms with Gasteiger partial charge in [0.2, 0.25) is 0 Å². The summed E-state index contributed by atoms with van der Waals surface area (Å²) in [6.45, 7) is 2.15. The Kier molecular flexibility index (Phi) is 2.26. The Balaban J connectivity index is 2.35. The van der Waals surface area contributed by atoms with Gasteiger partial charge in [-0.1, -0.05) is 34.7 Å². The first-order valence-electron chi connectivity index (χ1n) is 4.12. The van der Waals surface area contributed by atoms with Gasteiger partial charge >= 0.3 is 0 Å². The average molecular weight is 274 g/mol. The molecule has 0 amide bonds. The molecule has 0 spiro atoms. The van der Waals surface area contributed by atoms with Crippen LogP contribution >= 0.6 is 22.6 Å². The summed E-state index contributed by atoms with van der Waals surface area (Å²) in [5.74, 6) is 1.09. The van der Waals surface area contributed by atoms with Crippen LogP contribution < -0.4 is 4.74 Å². The lowest BCUT2D eigenvalue weighted by Gasteiger charge is -2.04. The van der Waals surface area contributed by atoms with Gasteiger partial charge in [-0.05, 0) is 18.6 Å². The summed E-state index contributed by atoms with van der Waals surface area (Å²) in [6.07, 6.45) is 1.49. The maximum absolute atomic E-state index is 5.73. The van der Waals surface area contributed by atoms with Crippen molar-refractivity contribution < 1.29 is 4.74 Å². The minimum Gasteiger partial charge on any atom is -0.489 e. The standard InChI is InChI=1S/C10H11IO/c1-7-3-2-4-10-9(7)5-8(6-11)12-10/h2-4,8H,5-6H2,1H3. The predicted molar refractivity (Wildman–Crippen MR) is 58.2 cm³/mol. The Labute approximate surface area is 86.3 Å². The average Bonchev–Trinajstić information content (AvgIpc) is 2.49. The summed E-state index contributed by atoms with van der Waals surface area (Å²) in [4.78, 5) is 0. The summed E-state index contributed by atoms with van der Waals surface area (Å²) in [5.41, 5.74) is 2.76. The minimum absolute atomic E-state index is 0.404. The molecule has 0 saturated heterocycles. The van der Waals surface area contributed by atoms with E-state index in [4.69, 9.17) is 4.74 Å². The van der Waals surface area contributed by atoms with Crippen molar-refractivity contribution in [2.24, 2.45) is 0 Å². The third-order valence-corrected chi connectivity index (χ3v) is 3.25. The summed E-state index contributed by atoms with van der Waals surface area (Å²) in [7, 11) is 0. The van der Waals surface area contributed by atoms with Gasteiger partial charge in [0, 0.05) is 16.4 Å². The third-order valence-electron chi connectivity index (χ3n) is 2.26. The molecule has 0 fully saturated rings. The molecule has 1 nitrogen and oxygen atoms in total. The summed E-state index contributed by atoms with van der Waals surface area (Å²) in [5, 5.41) is 0. The van der Waals surface area contributed by atoms with Crippen molar-refractivity contribution in [1.29, 1.82) is 0 Å². The van der Waals surface area contributed by atoms with Gasteiger partial charge in [0.1, 0.15) is 11.9 Å². The first-order valence-corrected chi connectivity index (χ1v) is 5.65. The van der Waals surface area contributed by atoms with Crippen LogP contribution in [0, 0.1) is 6.92 Å². The van der Waals surface area contributed by atoms with Crippen LogP contribution in [-0.2, 0) is 6.42 Å². The lowest BCUT2D eigenvalue weighted by Crippen LogP contribution is -2.13. The first-order chi connectivity index (χ1) is 5.81. The molecule has 0 aliphatic carbocycles. The number of halogens is 1. The van der Waals surface area contributed by atoms with E-state index < -0.39 is 0 Å². The summed E-state index contributed by atoms with van der Waals surface area (Å²) < 4.78 is 6.80. The van der Waals surface area contributed by atoms with Crippen LogP contribution in [0.15, 0.2) is 18.2 Å². The van der Waals surface area contributed by atoms with Crippen molar-refractivity contribution in [3.8, 4) is 5.75 Å². The second-order valence-electron chi connectivity index (χ2n) is 3.15. The van der Waals surface area contributed by atoms with Crippen molar-refractivity contribution in [2.45, 2.75) is 19.4 Å². The van der Waals surface area contributed by atoms with Crippen LogP contribution in [0.4, 0.5) is 0 Å². The van der Waals surface area contributed by atoms with Crippen LogP contribution in [0.1, 0.15) is 11.1 Å². The number of fused-ring (bicyclic) bond motifs is 1. The summed E-state index contributed by atoms with van der Waals surface area (Å²) in [6, 6.07) is 6.27. The SMILES string of the molecule is Cc1cccc2c1CC(CI)O2. The molecule has 1 heterocycles. The second kappa shape index (κ2) is 3.24. The Bertz CT molecular complexity index is 296. The van der Waals surface area contributed by atoms with Gasteiger partial charge in [-0.3, -0.25) is 0 Å². The van der Waals surface area contributed by atoms with Crippen molar-refractivity contribution in [3.63, 3.8) is 0 Å². The molecule has 2 rings (SSSR count). The van der Waals surface area contributed by atoms with E-state index in [9.17, 15) is 0 Å². The lowest BCUT2D eigenvalue weighted by atomic mass is 10.1. The maximum atomic E-state index is 5.73. The number of benzene rings is 1. The van der Waals surface area contributed by atoms with Crippen molar-refractivity contribution >= 4 is 22.6 Å². The van der Waals surface area contributed by atoms with E-state index in [0.29, 0.717) is 6.10 Å². The third kappa shape index (κ3) is 1.32. The molecule has 1 aromatic rings. The number of ether oxygens (including phenoxy) is 1. The number of rotatable bonds is 1. The fourth-order valence-corrected chi connectivity index (χ4v) is 2.07. The Hall–Kier alpha value is -0.250. The number of hydrogen-bond acceptors (Lipinski definition) is 1. The van der Waals surface area contributed by atoms with Crippen LogP contribution in [-0.4, -0.2) is 10.5 Å². The van der Waals surface area contributed by atoms with Crippen molar-refractivity contribution in [3.05, 3.63) is 29.3 Å². The Morgan fingerprint density at radius 2 is 2.42 bits per heavy atom. The first kappa shape index (κ1) is 8.35. The summed E-state index contributed by atoms with van der Waals surface area (Å²) >= 11 is 2.37. The van der Waals surface area contributed by atoms with Crippen LogP contribution in [0.2, 0.25) is 0 Å². The molecule has 0 radical (unpaired) electrons. The largest absolute Gasteiger partial charge is 0.489 e. The highest BCUT2D eigenvalue weighted by Crippen LogP contribution is 2.31. The van der Waals surface area contributed by atoms with Crippen molar-refractivity contribution in [2.75, 3.05) is 4.43 Å². The normalized spacial score (nSPS) is 20.3. The number of aryl methyl sites for hydroxylation is 1.